The van der Waals surface area contributed by atoms with Crippen LogP contribution in [0.5, 0.6) is 0 Å². The lowest BCUT2D eigenvalue weighted by Gasteiger charge is -2.28. The Bertz CT molecular complexity index is 303. The van der Waals surface area contributed by atoms with Gasteiger partial charge in [0, 0.05) is 19.4 Å². The maximum Gasteiger partial charge on any atom is 0.246 e. The molecule has 0 saturated heterocycles. The van der Waals surface area contributed by atoms with Crippen molar-refractivity contribution in [3.63, 3.8) is 0 Å². The van der Waals surface area contributed by atoms with Gasteiger partial charge in [0.25, 0.3) is 0 Å². The van der Waals surface area contributed by atoms with E-state index in [2.05, 4.69) is 10.3 Å². The maximum absolute atomic E-state index is 11.9. The van der Waals surface area contributed by atoms with Crippen molar-refractivity contribution in [3.05, 3.63) is 18.5 Å². The van der Waals surface area contributed by atoms with E-state index in [-0.39, 0.29) is 5.91 Å². The number of rotatable bonds is 3. The van der Waals surface area contributed by atoms with Crippen molar-refractivity contribution in [3.8, 4) is 0 Å². The number of hydrogen-bond acceptors (Lipinski definition) is 2. The topological polar surface area (TPSA) is 48.1 Å². The number of aromatic nitrogens is 1. The van der Waals surface area contributed by atoms with Crippen molar-refractivity contribution in [1.29, 1.82) is 0 Å². The highest BCUT2D eigenvalue weighted by Crippen LogP contribution is 2.15. The summed E-state index contributed by atoms with van der Waals surface area (Å²) >= 11 is 0. The number of anilines is 1. The Morgan fingerprint density at radius 2 is 2.21 bits per heavy atom. The zero-order valence-corrected chi connectivity index (χ0v) is 9.09. The van der Waals surface area contributed by atoms with Gasteiger partial charge in [-0.15, -0.1) is 0 Å². The summed E-state index contributed by atoms with van der Waals surface area (Å²) in [5.41, 5.74) is 0.338. The molecule has 0 aliphatic rings. The number of hydrogen-bond donors (Lipinski definition) is 2. The van der Waals surface area contributed by atoms with Crippen molar-refractivity contribution in [1.82, 2.24) is 10.3 Å². The van der Waals surface area contributed by atoms with Crippen molar-refractivity contribution < 1.29 is 4.79 Å². The largest absolute Gasteiger partial charge is 0.366 e. The third kappa shape index (κ3) is 1.96. The van der Waals surface area contributed by atoms with E-state index >= 15 is 0 Å². The van der Waals surface area contributed by atoms with Gasteiger partial charge in [0.1, 0.15) is 0 Å². The standard InChI is InChI=1S/C10H17N3O/c1-10(2,11-3)9(14)13(4)8-5-6-12-7-8/h5-7,11-12H,1-4H3. The Morgan fingerprint density at radius 1 is 1.57 bits per heavy atom. The van der Waals surface area contributed by atoms with Gasteiger partial charge in [0.15, 0.2) is 0 Å². The molecule has 4 heteroatoms. The normalized spacial score (nSPS) is 11.4. The maximum atomic E-state index is 11.9. The van der Waals surface area contributed by atoms with Crippen LogP contribution < -0.4 is 10.2 Å². The van der Waals surface area contributed by atoms with Crippen LogP contribution in [0.25, 0.3) is 0 Å². The lowest BCUT2D eigenvalue weighted by Crippen LogP contribution is -2.51. The summed E-state index contributed by atoms with van der Waals surface area (Å²) in [5.74, 6) is 0.0413. The van der Waals surface area contributed by atoms with Crippen LogP contribution in [0.2, 0.25) is 0 Å². The third-order valence-corrected chi connectivity index (χ3v) is 2.43. The molecule has 0 bridgehead atoms. The zero-order valence-electron chi connectivity index (χ0n) is 9.09. The summed E-state index contributed by atoms with van der Waals surface area (Å²) in [4.78, 5) is 16.5. The summed E-state index contributed by atoms with van der Waals surface area (Å²) in [5, 5.41) is 2.98. The number of aromatic amines is 1. The van der Waals surface area contributed by atoms with Crippen LogP contribution in [0.1, 0.15) is 13.8 Å². The fourth-order valence-electron chi connectivity index (χ4n) is 1.17. The van der Waals surface area contributed by atoms with Gasteiger partial charge >= 0.3 is 0 Å². The van der Waals surface area contributed by atoms with Gasteiger partial charge in [-0.3, -0.25) is 4.79 Å². The van der Waals surface area contributed by atoms with Crippen molar-refractivity contribution in [2.45, 2.75) is 19.4 Å². The molecule has 0 aliphatic carbocycles. The highest BCUT2D eigenvalue weighted by molar-refractivity contribution is 5.99. The Kier molecular flexibility index (Phi) is 2.96. The minimum atomic E-state index is -0.536. The van der Waals surface area contributed by atoms with Crippen LogP contribution in [0.4, 0.5) is 5.69 Å². The zero-order chi connectivity index (χ0) is 10.8. The van der Waals surface area contributed by atoms with Crippen LogP contribution in [0.15, 0.2) is 18.5 Å². The van der Waals surface area contributed by atoms with Crippen molar-refractivity contribution >= 4 is 11.6 Å². The fourth-order valence-corrected chi connectivity index (χ4v) is 1.17. The smallest absolute Gasteiger partial charge is 0.246 e. The Balaban J connectivity index is 2.81. The number of nitrogens with one attached hydrogen (secondary N) is 2. The highest BCUT2D eigenvalue weighted by Gasteiger charge is 2.29. The molecule has 0 atom stereocenters. The van der Waals surface area contributed by atoms with E-state index in [1.54, 1.807) is 31.4 Å². The van der Waals surface area contributed by atoms with Crippen LogP contribution in [-0.4, -0.2) is 30.5 Å². The van der Waals surface area contributed by atoms with Crippen LogP contribution in [0.3, 0.4) is 0 Å². The second kappa shape index (κ2) is 3.84. The number of carbonyl (C=O) groups excluding carboxylic acids is 1. The molecule has 1 aromatic heterocycles. The summed E-state index contributed by atoms with van der Waals surface area (Å²) in [6.45, 7) is 3.72. The van der Waals surface area contributed by atoms with E-state index in [4.69, 9.17) is 0 Å². The fraction of sp³-hybridized carbons (Fsp3) is 0.500. The summed E-state index contributed by atoms with van der Waals surface area (Å²) in [7, 11) is 3.55. The van der Waals surface area contributed by atoms with Gasteiger partial charge < -0.3 is 15.2 Å². The Morgan fingerprint density at radius 3 is 2.64 bits per heavy atom. The molecule has 78 valence electrons. The molecule has 4 nitrogen and oxygen atoms in total. The van der Waals surface area contributed by atoms with Crippen molar-refractivity contribution in [2.75, 3.05) is 19.0 Å². The summed E-state index contributed by atoms with van der Waals surface area (Å²) in [6, 6.07) is 1.86. The molecule has 1 heterocycles. The monoisotopic (exact) mass is 195 g/mol. The number of nitrogens with zero attached hydrogens (tertiary/aromatic N) is 1. The van der Waals surface area contributed by atoms with E-state index in [1.165, 1.54) is 0 Å². The lowest BCUT2D eigenvalue weighted by atomic mass is 10.0. The molecule has 1 aromatic rings. The number of carbonyl (C=O) groups is 1. The molecular formula is C10H17N3O. The molecule has 2 N–H and O–H groups in total. The minimum absolute atomic E-state index is 0.0413. The quantitative estimate of drug-likeness (QED) is 0.755. The van der Waals surface area contributed by atoms with Gasteiger partial charge in [-0.1, -0.05) is 0 Å². The lowest BCUT2D eigenvalue weighted by molar-refractivity contribution is -0.123. The minimum Gasteiger partial charge on any atom is -0.366 e. The van der Waals surface area contributed by atoms with E-state index in [0.29, 0.717) is 0 Å². The molecule has 14 heavy (non-hydrogen) atoms. The summed E-state index contributed by atoms with van der Waals surface area (Å²) < 4.78 is 0. The molecular weight excluding hydrogens is 178 g/mol. The predicted octanol–water partition coefficient (Wildman–Crippen LogP) is 0.975. The van der Waals surface area contributed by atoms with Crippen molar-refractivity contribution in [2.24, 2.45) is 0 Å². The van der Waals surface area contributed by atoms with Crippen LogP contribution >= 0.6 is 0 Å². The van der Waals surface area contributed by atoms with Gasteiger partial charge in [0.2, 0.25) is 5.91 Å². The molecule has 0 radical (unpaired) electrons. The van der Waals surface area contributed by atoms with E-state index < -0.39 is 5.54 Å². The van der Waals surface area contributed by atoms with Gasteiger partial charge in [-0.2, -0.15) is 0 Å². The molecule has 0 saturated carbocycles. The van der Waals surface area contributed by atoms with E-state index in [1.807, 2.05) is 19.9 Å². The first-order valence-corrected chi connectivity index (χ1v) is 4.59. The predicted molar refractivity (Wildman–Crippen MR) is 57.3 cm³/mol. The van der Waals surface area contributed by atoms with E-state index in [0.717, 1.165) is 5.69 Å². The van der Waals surface area contributed by atoms with E-state index in [9.17, 15) is 4.79 Å². The number of amides is 1. The second-order valence-electron chi connectivity index (χ2n) is 3.81. The van der Waals surface area contributed by atoms with Gasteiger partial charge in [-0.05, 0) is 27.0 Å². The number of H-pyrrole nitrogens is 1. The molecule has 0 aromatic carbocycles. The molecule has 0 aliphatic heterocycles. The third-order valence-electron chi connectivity index (χ3n) is 2.43. The molecule has 0 unspecified atom stereocenters. The van der Waals surface area contributed by atoms with Gasteiger partial charge in [-0.25, -0.2) is 0 Å². The second-order valence-corrected chi connectivity index (χ2v) is 3.81. The number of likely N-dealkylation sites (N-methyl/N-ethyl adjacent to an activating group) is 2. The first-order valence-electron chi connectivity index (χ1n) is 4.59. The molecule has 1 amide bonds. The molecule has 1 rings (SSSR count). The molecule has 0 fully saturated rings. The first kappa shape index (κ1) is 10.8. The Hall–Kier alpha value is -1.29. The SMILES string of the molecule is CNC(C)(C)C(=O)N(C)c1cc[nH]c1. The average molecular weight is 195 g/mol. The van der Waals surface area contributed by atoms with Gasteiger partial charge in [0.05, 0.1) is 11.2 Å². The van der Waals surface area contributed by atoms with Crippen LogP contribution in [-0.2, 0) is 4.79 Å². The Labute approximate surface area is 84.3 Å². The summed E-state index contributed by atoms with van der Waals surface area (Å²) in [6.07, 6.45) is 3.59. The highest BCUT2D eigenvalue weighted by atomic mass is 16.2. The molecule has 0 spiro atoms. The first-order chi connectivity index (χ1) is 6.49. The average Bonchev–Trinajstić information content (AvgIpc) is 2.68. The van der Waals surface area contributed by atoms with Crippen LogP contribution in [0, 0.1) is 0 Å².